The third kappa shape index (κ3) is 3.05. The lowest BCUT2D eigenvalue weighted by Gasteiger charge is -1.96. The van der Waals surface area contributed by atoms with Crippen LogP contribution in [-0.4, -0.2) is 15.0 Å². The second kappa shape index (κ2) is 4.78. The van der Waals surface area contributed by atoms with Crippen LogP contribution in [0.1, 0.15) is 5.69 Å². The minimum Gasteiger partial charge on any atom is -0.301 e. The SMILES string of the molecule is O=c1ccnc(SCc2csc(Cl)n2)[nH]1. The van der Waals surface area contributed by atoms with Crippen molar-refractivity contribution in [3.63, 3.8) is 0 Å². The quantitative estimate of drug-likeness (QED) is 0.678. The average Bonchev–Trinajstić information content (AvgIpc) is 2.62. The summed E-state index contributed by atoms with van der Waals surface area (Å²) in [6, 6.07) is 1.38. The van der Waals surface area contributed by atoms with E-state index in [1.807, 2.05) is 5.38 Å². The third-order valence-electron chi connectivity index (χ3n) is 1.53. The number of aromatic nitrogens is 3. The van der Waals surface area contributed by atoms with Crippen LogP contribution in [0.3, 0.4) is 0 Å². The number of hydrogen-bond donors (Lipinski definition) is 1. The van der Waals surface area contributed by atoms with Crippen molar-refractivity contribution in [1.82, 2.24) is 15.0 Å². The minimum atomic E-state index is -0.149. The van der Waals surface area contributed by atoms with Gasteiger partial charge in [-0.05, 0) is 0 Å². The molecule has 2 rings (SSSR count). The summed E-state index contributed by atoms with van der Waals surface area (Å²) in [6.07, 6.45) is 1.48. The van der Waals surface area contributed by atoms with Crippen LogP contribution in [0, 0.1) is 0 Å². The molecule has 7 heteroatoms. The Kier molecular flexibility index (Phi) is 3.40. The van der Waals surface area contributed by atoms with Gasteiger partial charge in [-0.2, -0.15) is 0 Å². The van der Waals surface area contributed by atoms with Crippen molar-refractivity contribution in [2.75, 3.05) is 0 Å². The minimum absolute atomic E-state index is 0.149. The van der Waals surface area contributed by atoms with E-state index in [0.29, 0.717) is 15.4 Å². The lowest BCUT2D eigenvalue weighted by atomic mass is 10.6. The molecule has 1 N–H and O–H groups in total. The molecular weight excluding hydrogens is 254 g/mol. The molecule has 0 spiro atoms. The fourth-order valence-corrected chi connectivity index (χ4v) is 2.54. The van der Waals surface area contributed by atoms with Gasteiger partial charge in [0.05, 0.1) is 5.69 Å². The predicted octanol–water partition coefficient (Wildman–Crippen LogP) is 2.17. The second-order valence-electron chi connectivity index (χ2n) is 2.62. The summed E-state index contributed by atoms with van der Waals surface area (Å²) in [5, 5.41) is 2.47. The van der Waals surface area contributed by atoms with Gasteiger partial charge < -0.3 is 4.98 Å². The molecule has 0 aromatic carbocycles. The highest BCUT2D eigenvalue weighted by atomic mass is 35.5. The fraction of sp³-hybridized carbons (Fsp3) is 0.125. The molecule has 2 aromatic heterocycles. The molecule has 0 aliphatic carbocycles. The number of rotatable bonds is 3. The van der Waals surface area contributed by atoms with E-state index in [-0.39, 0.29) is 5.56 Å². The van der Waals surface area contributed by atoms with Crippen LogP contribution in [0.4, 0.5) is 0 Å². The summed E-state index contributed by atoms with van der Waals surface area (Å²) in [4.78, 5) is 21.7. The van der Waals surface area contributed by atoms with Crippen molar-refractivity contribution in [2.24, 2.45) is 0 Å². The maximum atomic E-state index is 11.0. The van der Waals surface area contributed by atoms with Crippen LogP contribution in [0.15, 0.2) is 27.6 Å². The number of aromatic amines is 1. The highest BCUT2D eigenvalue weighted by Gasteiger charge is 2.02. The first-order valence-corrected chi connectivity index (χ1v) is 6.26. The molecule has 0 aliphatic heterocycles. The zero-order valence-electron chi connectivity index (χ0n) is 7.44. The van der Waals surface area contributed by atoms with E-state index in [4.69, 9.17) is 11.6 Å². The average molecular weight is 260 g/mol. The summed E-state index contributed by atoms with van der Waals surface area (Å²) < 4.78 is 0.528. The van der Waals surface area contributed by atoms with Gasteiger partial charge in [0.15, 0.2) is 9.62 Å². The summed E-state index contributed by atoms with van der Waals surface area (Å²) in [5.41, 5.74) is 0.741. The van der Waals surface area contributed by atoms with Gasteiger partial charge in [0.1, 0.15) is 0 Å². The Balaban J connectivity index is 2.02. The molecule has 0 atom stereocenters. The molecule has 0 aliphatic rings. The summed E-state index contributed by atoms with van der Waals surface area (Å²) in [5.74, 6) is 0.649. The summed E-state index contributed by atoms with van der Waals surface area (Å²) >= 11 is 8.50. The van der Waals surface area contributed by atoms with Crippen molar-refractivity contribution in [1.29, 1.82) is 0 Å². The van der Waals surface area contributed by atoms with Crippen molar-refractivity contribution >= 4 is 34.7 Å². The number of thiazole rings is 1. The predicted molar refractivity (Wildman–Crippen MR) is 61.5 cm³/mol. The van der Waals surface area contributed by atoms with Gasteiger partial charge in [0.25, 0.3) is 5.56 Å². The van der Waals surface area contributed by atoms with Gasteiger partial charge in [-0.25, -0.2) is 9.97 Å². The van der Waals surface area contributed by atoms with E-state index in [1.165, 1.54) is 35.4 Å². The van der Waals surface area contributed by atoms with Gasteiger partial charge in [-0.1, -0.05) is 23.4 Å². The zero-order valence-corrected chi connectivity index (χ0v) is 9.83. The summed E-state index contributed by atoms with van der Waals surface area (Å²) in [6.45, 7) is 0. The van der Waals surface area contributed by atoms with Gasteiger partial charge >= 0.3 is 0 Å². The number of nitrogens with one attached hydrogen (secondary N) is 1. The Morgan fingerprint density at radius 1 is 1.60 bits per heavy atom. The molecular formula is C8H6ClN3OS2. The van der Waals surface area contributed by atoms with E-state index in [1.54, 1.807) is 0 Å². The molecule has 0 amide bonds. The van der Waals surface area contributed by atoms with Gasteiger partial charge in [0.2, 0.25) is 0 Å². The van der Waals surface area contributed by atoms with E-state index >= 15 is 0 Å². The maximum Gasteiger partial charge on any atom is 0.251 e. The lowest BCUT2D eigenvalue weighted by Crippen LogP contribution is -2.05. The molecule has 4 nitrogen and oxygen atoms in total. The number of halogens is 1. The monoisotopic (exact) mass is 259 g/mol. The summed E-state index contributed by atoms with van der Waals surface area (Å²) in [7, 11) is 0. The number of thioether (sulfide) groups is 1. The molecule has 0 saturated carbocycles. The van der Waals surface area contributed by atoms with Crippen LogP contribution >= 0.6 is 34.7 Å². The largest absolute Gasteiger partial charge is 0.301 e. The molecule has 15 heavy (non-hydrogen) atoms. The zero-order chi connectivity index (χ0) is 10.7. The molecule has 2 aromatic rings. The van der Waals surface area contributed by atoms with Crippen molar-refractivity contribution < 1.29 is 0 Å². The van der Waals surface area contributed by atoms with Crippen molar-refractivity contribution in [3.05, 3.63) is 38.2 Å². The molecule has 0 fully saturated rings. The third-order valence-corrected chi connectivity index (χ3v) is 3.48. The number of nitrogens with zero attached hydrogens (tertiary/aromatic N) is 2. The highest BCUT2D eigenvalue weighted by Crippen LogP contribution is 2.21. The van der Waals surface area contributed by atoms with E-state index < -0.39 is 0 Å². The molecule has 0 bridgehead atoms. The van der Waals surface area contributed by atoms with E-state index in [0.717, 1.165) is 5.69 Å². The number of hydrogen-bond acceptors (Lipinski definition) is 5. The van der Waals surface area contributed by atoms with Gasteiger partial charge in [-0.15, -0.1) is 11.3 Å². The van der Waals surface area contributed by atoms with Crippen molar-refractivity contribution in [2.45, 2.75) is 10.9 Å². The van der Waals surface area contributed by atoms with Gasteiger partial charge in [0, 0.05) is 23.4 Å². The maximum absolute atomic E-state index is 11.0. The van der Waals surface area contributed by atoms with Crippen LogP contribution in [0.2, 0.25) is 4.47 Å². The van der Waals surface area contributed by atoms with Crippen LogP contribution in [0.5, 0.6) is 0 Å². The van der Waals surface area contributed by atoms with E-state index in [9.17, 15) is 4.79 Å². The highest BCUT2D eigenvalue weighted by molar-refractivity contribution is 7.98. The Morgan fingerprint density at radius 2 is 2.47 bits per heavy atom. The normalized spacial score (nSPS) is 10.5. The topological polar surface area (TPSA) is 58.6 Å². The first kappa shape index (κ1) is 10.7. The smallest absolute Gasteiger partial charge is 0.251 e. The lowest BCUT2D eigenvalue weighted by molar-refractivity contribution is 0.935. The number of H-pyrrole nitrogens is 1. The van der Waals surface area contributed by atoms with E-state index in [2.05, 4.69) is 15.0 Å². The van der Waals surface area contributed by atoms with Crippen LogP contribution < -0.4 is 5.56 Å². The molecule has 2 heterocycles. The Morgan fingerprint density at radius 3 is 3.13 bits per heavy atom. The molecule has 0 unspecified atom stereocenters. The Labute approximate surface area is 98.7 Å². The first-order chi connectivity index (χ1) is 7.24. The fourth-order valence-electron chi connectivity index (χ4n) is 0.916. The molecule has 0 saturated heterocycles. The Bertz CT molecular complexity index is 510. The molecule has 0 radical (unpaired) electrons. The Hall–Kier alpha value is -0.850. The standard InChI is InChI=1S/C8H6ClN3OS2/c9-7-11-5(3-14-7)4-15-8-10-2-1-6(13)12-8/h1-3H,4H2,(H,10,12,13). The van der Waals surface area contributed by atoms with Gasteiger partial charge in [-0.3, -0.25) is 4.79 Å². The second-order valence-corrected chi connectivity index (χ2v) is 5.02. The van der Waals surface area contributed by atoms with Crippen molar-refractivity contribution in [3.8, 4) is 0 Å². The molecule has 78 valence electrons. The van der Waals surface area contributed by atoms with Crippen LogP contribution in [0.25, 0.3) is 0 Å². The first-order valence-electron chi connectivity index (χ1n) is 4.02. The van der Waals surface area contributed by atoms with Crippen LogP contribution in [-0.2, 0) is 5.75 Å².